The molecule has 6 heteroatoms. The Morgan fingerprint density at radius 1 is 1.47 bits per heavy atom. The molecular formula is C13H21N5O. The number of rotatable bonds is 3. The van der Waals surface area contributed by atoms with E-state index in [0.717, 1.165) is 24.2 Å². The third-order valence-corrected chi connectivity index (χ3v) is 3.45. The largest absolute Gasteiger partial charge is 0.379 e. The Bertz CT molecular complexity index is 440. The fourth-order valence-corrected chi connectivity index (χ4v) is 2.35. The van der Waals surface area contributed by atoms with Gasteiger partial charge in [0, 0.05) is 39.4 Å². The molecule has 0 atom stereocenters. The molecule has 1 saturated heterocycles. The summed E-state index contributed by atoms with van der Waals surface area (Å²) >= 11 is 0. The van der Waals surface area contributed by atoms with E-state index in [9.17, 15) is 4.79 Å². The molecule has 1 aromatic heterocycles. The number of likely N-dealkylation sites (tertiary alicyclic amines) is 1. The molecule has 3 N–H and O–H groups in total. The maximum Gasteiger partial charge on any atom is 0.314 e. The molecular weight excluding hydrogens is 242 g/mol. The van der Waals surface area contributed by atoms with Crippen LogP contribution in [0.5, 0.6) is 0 Å². The normalized spacial score (nSPS) is 16.2. The number of piperidine rings is 1. The predicted octanol–water partition coefficient (Wildman–Crippen LogP) is 1.10. The van der Waals surface area contributed by atoms with Crippen LogP contribution in [0.25, 0.3) is 0 Å². The summed E-state index contributed by atoms with van der Waals surface area (Å²) in [7, 11) is 4.02. The first-order valence-electron chi connectivity index (χ1n) is 6.50. The van der Waals surface area contributed by atoms with Crippen LogP contribution < -0.4 is 16.0 Å². The van der Waals surface area contributed by atoms with Gasteiger partial charge >= 0.3 is 6.03 Å². The fraction of sp³-hybridized carbons (Fsp3) is 0.538. The van der Waals surface area contributed by atoms with Crippen molar-refractivity contribution in [3.8, 4) is 0 Å². The van der Waals surface area contributed by atoms with Gasteiger partial charge in [-0.3, -0.25) is 4.98 Å². The maximum atomic E-state index is 11.1. The Morgan fingerprint density at radius 3 is 2.74 bits per heavy atom. The minimum atomic E-state index is -0.325. The Hall–Kier alpha value is -1.98. The molecule has 1 aliphatic rings. The van der Waals surface area contributed by atoms with Gasteiger partial charge < -0.3 is 20.9 Å². The van der Waals surface area contributed by atoms with E-state index in [1.54, 1.807) is 11.1 Å². The molecule has 2 amide bonds. The van der Waals surface area contributed by atoms with Gasteiger partial charge in [0.1, 0.15) is 0 Å². The van der Waals surface area contributed by atoms with Crippen LogP contribution in [0, 0.1) is 0 Å². The molecule has 0 radical (unpaired) electrons. The highest BCUT2D eigenvalue weighted by molar-refractivity contribution is 5.72. The number of pyridine rings is 1. The lowest BCUT2D eigenvalue weighted by Gasteiger charge is -2.32. The lowest BCUT2D eigenvalue weighted by molar-refractivity contribution is 0.193. The summed E-state index contributed by atoms with van der Waals surface area (Å²) in [5.41, 5.74) is 7.43. The van der Waals surface area contributed by atoms with Gasteiger partial charge in [0.2, 0.25) is 0 Å². The Morgan fingerprint density at radius 2 is 2.16 bits per heavy atom. The number of anilines is 2. The number of hydrogen-bond donors (Lipinski definition) is 2. The minimum absolute atomic E-state index is 0.325. The average Bonchev–Trinajstić information content (AvgIpc) is 2.39. The summed E-state index contributed by atoms with van der Waals surface area (Å²) in [6.45, 7) is 1.43. The molecule has 0 unspecified atom stereocenters. The third-order valence-electron chi connectivity index (χ3n) is 3.45. The van der Waals surface area contributed by atoms with Crippen LogP contribution in [0.1, 0.15) is 12.8 Å². The van der Waals surface area contributed by atoms with E-state index < -0.39 is 0 Å². The molecule has 1 fully saturated rings. The molecule has 104 valence electrons. The molecule has 19 heavy (non-hydrogen) atoms. The van der Waals surface area contributed by atoms with Crippen molar-refractivity contribution in [2.24, 2.45) is 5.73 Å². The van der Waals surface area contributed by atoms with E-state index in [-0.39, 0.29) is 6.03 Å². The van der Waals surface area contributed by atoms with Crippen molar-refractivity contribution in [1.29, 1.82) is 0 Å². The number of carbonyl (C=O) groups is 1. The number of amides is 2. The van der Waals surface area contributed by atoms with Crippen molar-refractivity contribution in [1.82, 2.24) is 9.88 Å². The van der Waals surface area contributed by atoms with Crippen molar-refractivity contribution < 1.29 is 4.79 Å². The zero-order valence-corrected chi connectivity index (χ0v) is 11.5. The first kappa shape index (κ1) is 13.5. The van der Waals surface area contributed by atoms with Gasteiger partial charge in [-0.15, -0.1) is 0 Å². The van der Waals surface area contributed by atoms with Gasteiger partial charge in [-0.2, -0.15) is 0 Å². The van der Waals surface area contributed by atoms with Crippen molar-refractivity contribution in [2.45, 2.75) is 18.9 Å². The smallest absolute Gasteiger partial charge is 0.314 e. The lowest BCUT2D eigenvalue weighted by atomic mass is 10.0. The highest BCUT2D eigenvalue weighted by Gasteiger charge is 2.21. The molecule has 6 nitrogen and oxygen atoms in total. The monoisotopic (exact) mass is 263 g/mol. The summed E-state index contributed by atoms with van der Waals surface area (Å²) in [6.07, 6.45) is 5.45. The van der Waals surface area contributed by atoms with Crippen LogP contribution in [0.4, 0.5) is 16.2 Å². The van der Waals surface area contributed by atoms with Gasteiger partial charge in [0.25, 0.3) is 0 Å². The second-order valence-electron chi connectivity index (χ2n) is 5.03. The Labute approximate surface area is 113 Å². The first-order valence-corrected chi connectivity index (χ1v) is 6.50. The van der Waals surface area contributed by atoms with E-state index in [1.807, 2.05) is 26.4 Å². The highest BCUT2D eigenvalue weighted by Crippen LogP contribution is 2.25. The molecule has 0 aliphatic carbocycles. The van der Waals surface area contributed by atoms with Crippen LogP contribution in [-0.4, -0.2) is 49.1 Å². The van der Waals surface area contributed by atoms with Gasteiger partial charge in [-0.05, 0) is 18.9 Å². The molecule has 0 saturated carbocycles. The van der Waals surface area contributed by atoms with Gasteiger partial charge in [0.15, 0.2) is 0 Å². The molecule has 0 aromatic carbocycles. The second-order valence-corrected chi connectivity index (χ2v) is 5.03. The number of nitrogens with one attached hydrogen (secondary N) is 1. The number of primary amides is 1. The van der Waals surface area contributed by atoms with Crippen molar-refractivity contribution in [2.75, 3.05) is 37.4 Å². The number of carbonyl (C=O) groups excluding carboxylic acids is 1. The number of urea groups is 1. The van der Waals surface area contributed by atoms with Crippen molar-refractivity contribution >= 4 is 17.4 Å². The summed E-state index contributed by atoms with van der Waals surface area (Å²) in [5, 5.41) is 3.51. The molecule has 0 bridgehead atoms. The lowest BCUT2D eigenvalue weighted by Crippen LogP contribution is -2.44. The van der Waals surface area contributed by atoms with E-state index in [2.05, 4.69) is 15.2 Å². The molecule has 1 aliphatic heterocycles. The number of nitrogens with zero attached hydrogens (tertiary/aromatic N) is 3. The Kier molecular flexibility index (Phi) is 4.09. The van der Waals surface area contributed by atoms with Crippen LogP contribution in [0.15, 0.2) is 18.5 Å². The SMILES string of the molecule is CN(C)c1ccncc1NC1CCN(C(N)=O)CC1. The number of nitrogens with two attached hydrogens (primary N) is 1. The minimum Gasteiger partial charge on any atom is -0.379 e. The predicted molar refractivity (Wildman–Crippen MR) is 76.4 cm³/mol. The van der Waals surface area contributed by atoms with Crippen LogP contribution in [0.2, 0.25) is 0 Å². The fourth-order valence-electron chi connectivity index (χ4n) is 2.35. The molecule has 0 spiro atoms. The summed E-state index contributed by atoms with van der Waals surface area (Å²) in [6, 6.07) is 2.02. The zero-order valence-electron chi connectivity index (χ0n) is 11.5. The van der Waals surface area contributed by atoms with Gasteiger partial charge in [-0.25, -0.2) is 4.79 Å². The average molecular weight is 263 g/mol. The van der Waals surface area contributed by atoms with Crippen molar-refractivity contribution in [3.63, 3.8) is 0 Å². The van der Waals surface area contributed by atoms with E-state index in [0.29, 0.717) is 19.1 Å². The topological polar surface area (TPSA) is 74.5 Å². The third kappa shape index (κ3) is 3.27. The maximum absolute atomic E-state index is 11.1. The van der Waals surface area contributed by atoms with Crippen molar-refractivity contribution in [3.05, 3.63) is 18.5 Å². The van der Waals surface area contributed by atoms with E-state index in [4.69, 9.17) is 5.73 Å². The summed E-state index contributed by atoms with van der Waals surface area (Å²) in [4.78, 5) is 19.0. The van der Waals surface area contributed by atoms with Crippen LogP contribution >= 0.6 is 0 Å². The zero-order chi connectivity index (χ0) is 13.8. The first-order chi connectivity index (χ1) is 9.08. The van der Waals surface area contributed by atoms with Gasteiger partial charge in [-0.1, -0.05) is 0 Å². The van der Waals surface area contributed by atoms with E-state index >= 15 is 0 Å². The Balaban J connectivity index is 1.98. The van der Waals surface area contributed by atoms with E-state index in [1.165, 1.54) is 0 Å². The summed E-state index contributed by atoms with van der Waals surface area (Å²) in [5.74, 6) is 0. The van der Waals surface area contributed by atoms with Gasteiger partial charge in [0.05, 0.1) is 17.6 Å². The number of aromatic nitrogens is 1. The van der Waals surface area contributed by atoms with Crippen LogP contribution in [-0.2, 0) is 0 Å². The second kappa shape index (κ2) is 5.77. The molecule has 1 aromatic rings. The van der Waals surface area contributed by atoms with Crippen LogP contribution in [0.3, 0.4) is 0 Å². The highest BCUT2D eigenvalue weighted by atomic mass is 16.2. The molecule has 2 heterocycles. The quantitative estimate of drug-likeness (QED) is 0.856. The molecule has 2 rings (SSSR count). The standard InChI is InChI=1S/C13H21N5O/c1-17(2)12-3-6-15-9-11(12)16-10-4-7-18(8-5-10)13(14)19/h3,6,9-10,16H,4-5,7-8H2,1-2H3,(H2,14,19). The summed E-state index contributed by atoms with van der Waals surface area (Å²) < 4.78 is 0. The number of hydrogen-bond acceptors (Lipinski definition) is 4.